The molecule has 2 aromatic heterocycles. The monoisotopic (exact) mass is 567 g/mol. The van der Waals surface area contributed by atoms with Crippen molar-refractivity contribution in [1.82, 2.24) is 30.0 Å². The number of aromatic nitrogens is 3. The van der Waals surface area contributed by atoms with Crippen LogP contribution >= 0.6 is 0 Å². The SMILES string of the molecule is Cc1c(-c2cc(OC3CN(C(=O)N4N=CCC4c4cc(F)cc(F)c4)C3)c(F)cn2)nn(C)c1C(=O)NC1CCC1. The van der Waals surface area contributed by atoms with E-state index < -0.39 is 35.6 Å². The maximum Gasteiger partial charge on any atom is 0.341 e. The largest absolute Gasteiger partial charge is 0.483 e. The molecule has 1 atom stereocenters. The van der Waals surface area contributed by atoms with Crippen LogP contribution in [0.15, 0.2) is 35.6 Å². The lowest BCUT2D eigenvalue weighted by atomic mass is 9.93. The molecule has 2 aliphatic heterocycles. The molecule has 0 spiro atoms. The number of hydrogen-bond donors (Lipinski definition) is 1. The Hall–Kier alpha value is -4.42. The van der Waals surface area contributed by atoms with Crippen LogP contribution in [0.2, 0.25) is 0 Å². The molecule has 1 saturated heterocycles. The van der Waals surface area contributed by atoms with Crippen molar-refractivity contribution in [1.29, 1.82) is 0 Å². The van der Waals surface area contributed by atoms with E-state index in [2.05, 4.69) is 20.5 Å². The van der Waals surface area contributed by atoms with E-state index in [1.165, 1.54) is 39.0 Å². The smallest absolute Gasteiger partial charge is 0.341 e. The van der Waals surface area contributed by atoms with Gasteiger partial charge in [0.15, 0.2) is 11.6 Å². The van der Waals surface area contributed by atoms with Crippen LogP contribution in [-0.2, 0) is 7.05 Å². The Balaban J connectivity index is 1.12. The summed E-state index contributed by atoms with van der Waals surface area (Å²) < 4.78 is 49.5. The third-order valence-corrected chi connectivity index (χ3v) is 7.71. The number of likely N-dealkylation sites (tertiary alicyclic amines) is 1. The van der Waals surface area contributed by atoms with Crippen LogP contribution in [0, 0.1) is 24.4 Å². The summed E-state index contributed by atoms with van der Waals surface area (Å²) in [5, 5.41) is 12.8. The zero-order valence-electron chi connectivity index (χ0n) is 22.5. The number of amides is 3. The molecule has 214 valence electrons. The predicted molar refractivity (Wildman–Crippen MR) is 142 cm³/mol. The minimum atomic E-state index is -0.732. The molecular weight excluding hydrogens is 539 g/mol. The molecule has 4 heterocycles. The number of benzene rings is 1. The Morgan fingerprint density at radius 2 is 1.80 bits per heavy atom. The van der Waals surface area contributed by atoms with Gasteiger partial charge in [-0.15, -0.1) is 0 Å². The first-order valence-corrected chi connectivity index (χ1v) is 13.4. The van der Waals surface area contributed by atoms with Gasteiger partial charge in [0.2, 0.25) is 0 Å². The summed E-state index contributed by atoms with van der Waals surface area (Å²) in [6.45, 7) is 2.10. The molecule has 1 aromatic carbocycles. The highest BCUT2D eigenvalue weighted by molar-refractivity contribution is 5.95. The average molecular weight is 568 g/mol. The highest BCUT2D eigenvalue weighted by atomic mass is 19.1. The van der Waals surface area contributed by atoms with Crippen molar-refractivity contribution in [2.75, 3.05) is 13.1 Å². The minimum absolute atomic E-state index is 0.0510. The Morgan fingerprint density at radius 1 is 1.07 bits per heavy atom. The molecule has 1 saturated carbocycles. The van der Waals surface area contributed by atoms with Crippen LogP contribution in [0.5, 0.6) is 5.75 Å². The molecule has 1 unspecified atom stereocenters. The molecule has 13 heteroatoms. The van der Waals surface area contributed by atoms with Crippen LogP contribution in [0.25, 0.3) is 11.4 Å². The first kappa shape index (κ1) is 26.8. The number of hydrogen-bond acceptors (Lipinski definition) is 6. The second-order valence-electron chi connectivity index (χ2n) is 10.6. The predicted octanol–water partition coefficient (Wildman–Crippen LogP) is 4.11. The van der Waals surface area contributed by atoms with E-state index >= 15 is 0 Å². The number of carbonyl (C=O) groups excluding carboxylic acids is 2. The fourth-order valence-corrected chi connectivity index (χ4v) is 5.27. The quantitative estimate of drug-likeness (QED) is 0.483. The first-order valence-electron chi connectivity index (χ1n) is 13.4. The number of hydrazone groups is 1. The van der Waals surface area contributed by atoms with E-state index in [9.17, 15) is 22.8 Å². The number of carbonyl (C=O) groups is 2. The van der Waals surface area contributed by atoms with Crippen molar-refractivity contribution in [3.05, 3.63) is 64.7 Å². The molecule has 0 bridgehead atoms. The van der Waals surface area contributed by atoms with Gasteiger partial charge in [0.05, 0.1) is 31.0 Å². The summed E-state index contributed by atoms with van der Waals surface area (Å²) in [5.41, 5.74) is 2.13. The number of urea groups is 1. The van der Waals surface area contributed by atoms with Crippen molar-refractivity contribution in [2.45, 2.75) is 50.8 Å². The summed E-state index contributed by atoms with van der Waals surface area (Å²) in [6.07, 6.45) is 5.40. The Bertz CT molecular complexity index is 1530. The zero-order chi connectivity index (χ0) is 28.8. The highest BCUT2D eigenvalue weighted by Crippen LogP contribution is 2.33. The number of halogens is 3. The van der Waals surface area contributed by atoms with Crippen LogP contribution in [-0.4, -0.2) is 68.1 Å². The summed E-state index contributed by atoms with van der Waals surface area (Å²) >= 11 is 0. The third kappa shape index (κ3) is 5.11. The van der Waals surface area contributed by atoms with Gasteiger partial charge < -0.3 is 15.0 Å². The highest BCUT2D eigenvalue weighted by Gasteiger charge is 2.39. The van der Waals surface area contributed by atoms with Gasteiger partial charge in [0.25, 0.3) is 5.91 Å². The zero-order valence-corrected chi connectivity index (χ0v) is 22.5. The maximum absolute atomic E-state index is 14.7. The van der Waals surface area contributed by atoms with Crippen molar-refractivity contribution >= 4 is 18.2 Å². The van der Waals surface area contributed by atoms with Gasteiger partial charge in [0.1, 0.15) is 29.1 Å². The molecule has 0 radical (unpaired) electrons. The minimum Gasteiger partial charge on any atom is -0.483 e. The number of rotatable bonds is 6. The van der Waals surface area contributed by atoms with Gasteiger partial charge in [-0.25, -0.2) is 23.0 Å². The van der Waals surface area contributed by atoms with E-state index in [-0.39, 0.29) is 30.8 Å². The van der Waals surface area contributed by atoms with Crippen LogP contribution in [0.3, 0.4) is 0 Å². The van der Waals surface area contributed by atoms with Gasteiger partial charge >= 0.3 is 6.03 Å². The van der Waals surface area contributed by atoms with Crippen LogP contribution in [0.1, 0.15) is 53.3 Å². The second-order valence-corrected chi connectivity index (χ2v) is 10.6. The van der Waals surface area contributed by atoms with E-state index in [1.807, 2.05) is 0 Å². The molecule has 41 heavy (non-hydrogen) atoms. The normalized spacial score (nSPS) is 18.8. The van der Waals surface area contributed by atoms with Gasteiger partial charge in [-0.2, -0.15) is 10.2 Å². The van der Waals surface area contributed by atoms with E-state index in [0.29, 0.717) is 34.6 Å². The Labute approximate surface area is 233 Å². The van der Waals surface area contributed by atoms with Gasteiger partial charge in [-0.05, 0) is 43.9 Å². The van der Waals surface area contributed by atoms with Crippen LogP contribution in [0.4, 0.5) is 18.0 Å². The standard InChI is InChI=1S/C28H28F3N7O3/c1-15-25(35-36(2)26(15)27(39)34-19-4-3-5-19)22-11-24(21(31)12-32-22)41-20-13-37(14-20)28(40)38-23(6-7-33-38)16-8-17(29)10-18(30)9-16/h7-12,19-20,23H,3-6,13-14H2,1-2H3,(H,34,39). The molecule has 3 aliphatic rings. The van der Waals surface area contributed by atoms with Crippen molar-refractivity contribution in [3.8, 4) is 17.1 Å². The summed E-state index contributed by atoms with van der Waals surface area (Å²) in [5.74, 6) is -2.40. The first-order chi connectivity index (χ1) is 19.7. The molecule has 3 aromatic rings. The van der Waals surface area contributed by atoms with Crippen molar-refractivity contribution < 1.29 is 27.5 Å². The van der Waals surface area contributed by atoms with E-state index in [4.69, 9.17) is 4.74 Å². The second kappa shape index (κ2) is 10.5. The summed E-state index contributed by atoms with van der Waals surface area (Å²) in [4.78, 5) is 31.5. The fraction of sp³-hybridized carbons (Fsp3) is 0.393. The Kier molecular flexibility index (Phi) is 6.88. The molecule has 1 aliphatic carbocycles. The lowest BCUT2D eigenvalue weighted by Gasteiger charge is -2.41. The lowest BCUT2D eigenvalue weighted by Crippen LogP contribution is -2.58. The van der Waals surface area contributed by atoms with E-state index in [0.717, 1.165) is 31.5 Å². The van der Waals surface area contributed by atoms with E-state index in [1.54, 1.807) is 14.0 Å². The third-order valence-electron chi connectivity index (χ3n) is 7.71. The lowest BCUT2D eigenvalue weighted by molar-refractivity contribution is 0.0256. The molecule has 3 amide bonds. The van der Waals surface area contributed by atoms with Gasteiger partial charge in [-0.3, -0.25) is 14.5 Å². The van der Waals surface area contributed by atoms with Gasteiger partial charge in [-0.1, -0.05) is 0 Å². The fourth-order valence-electron chi connectivity index (χ4n) is 5.27. The average Bonchev–Trinajstić information content (AvgIpc) is 3.48. The molecule has 10 nitrogen and oxygen atoms in total. The van der Waals surface area contributed by atoms with Crippen molar-refractivity contribution in [2.24, 2.45) is 12.1 Å². The summed E-state index contributed by atoms with van der Waals surface area (Å²) in [6, 6.07) is 3.67. The molecular formula is C28H28F3N7O3. The van der Waals surface area contributed by atoms with Gasteiger partial charge in [0, 0.05) is 43.4 Å². The number of aryl methyl sites for hydroxylation is 1. The number of pyridine rings is 1. The maximum atomic E-state index is 14.7. The van der Waals surface area contributed by atoms with Crippen molar-refractivity contribution in [3.63, 3.8) is 0 Å². The summed E-state index contributed by atoms with van der Waals surface area (Å²) in [7, 11) is 1.67. The molecule has 2 fully saturated rings. The number of nitrogens with zero attached hydrogens (tertiary/aromatic N) is 6. The number of ether oxygens (including phenoxy) is 1. The molecule has 6 rings (SSSR count). The topological polar surface area (TPSA) is 105 Å². The van der Waals surface area contributed by atoms with Crippen LogP contribution < -0.4 is 10.1 Å². The Morgan fingerprint density at radius 3 is 2.49 bits per heavy atom. The molecule has 1 N–H and O–H groups in total. The number of nitrogens with one attached hydrogen (secondary N) is 1.